The van der Waals surface area contributed by atoms with E-state index in [-0.39, 0.29) is 6.03 Å². The lowest BCUT2D eigenvalue weighted by molar-refractivity contribution is 0.215. The van der Waals surface area contributed by atoms with Gasteiger partial charge in [-0.25, -0.2) is 4.79 Å². The molecule has 1 heterocycles. The molecule has 1 aromatic carbocycles. The van der Waals surface area contributed by atoms with Crippen LogP contribution in [-0.2, 0) is 6.54 Å². The monoisotopic (exact) mass is 231 g/mol. The molecule has 1 fully saturated rings. The van der Waals surface area contributed by atoms with E-state index in [1.165, 1.54) is 0 Å². The van der Waals surface area contributed by atoms with Gasteiger partial charge >= 0.3 is 6.03 Å². The van der Waals surface area contributed by atoms with Gasteiger partial charge in [0.1, 0.15) is 0 Å². The molecule has 4 nitrogen and oxygen atoms in total. The maximum absolute atomic E-state index is 11.4. The van der Waals surface area contributed by atoms with Crippen LogP contribution in [-0.4, -0.2) is 31.1 Å². The second kappa shape index (κ2) is 4.91. The molecule has 4 heteroatoms. The average Bonchev–Trinajstić information content (AvgIpc) is 2.75. The molecule has 1 aliphatic rings. The summed E-state index contributed by atoms with van der Waals surface area (Å²) in [6.07, 6.45) is 1.77. The first kappa shape index (κ1) is 11.5. The van der Waals surface area contributed by atoms with Crippen LogP contribution >= 0.6 is 0 Å². The van der Waals surface area contributed by atoms with Crippen molar-refractivity contribution in [2.45, 2.75) is 6.54 Å². The minimum Gasteiger partial charge on any atom is -0.352 e. The molecule has 0 aromatic heterocycles. The summed E-state index contributed by atoms with van der Waals surface area (Å²) in [4.78, 5) is 15.2. The van der Waals surface area contributed by atoms with Gasteiger partial charge in [0.15, 0.2) is 0 Å². The first-order chi connectivity index (χ1) is 8.20. The Kier molecular flexibility index (Phi) is 3.32. The van der Waals surface area contributed by atoms with E-state index in [9.17, 15) is 4.79 Å². The lowest BCUT2D eigenvalue weighted by atomic mass is 10.2. The fraction of sp³-hybridized carbons (Fsp3) is 0.308. The van der Waals surface area contributed by atoms with E-state index in [1.807, 2.05) is 41.1 Å². The van der Waals surface area contributed by atoms with Crippen molar-refractivity contribution in [1.29, 1.82) is 0 Å². The predicted molar refractivity (Wildman–Crippen MR) is 68.9 cm³/mol. The minimum atomic E-state index is 0.0253. The molecule has 0 atom stereocenters. The number of carbonyl (C=O) groups is 1. The Morgan fingerprint density at radius 1 is 1.47 bits per heavy atom. The van der Waals surface area contributed by atoms with E-state index in [1.54, 1.807) is 6.20 Å². The lowest BCUT2D eigenvalue weighted by Gasteiger charge is -2.16. The second-order valence-corrected chi connectivity index (χ2v) is 4.11. The van der Waals surface area contributed by atoms with Gasteiger partial charge in [0, 0.05) is 32.4 Å². The number of nitrogens with zero attached hydrogens (tertiary/aromatic N) is 2. The van der Waals surface area contributed by atoms with Gasteiger partial charge in [0.05, 0.1) is 0 Å². The third-order valence-corrected chi connectivity index (χ3v) is 2.94. The van der Waals surface area contributed by atoms with Crippen molar-refractivity contribution in [2.24, 2.45) is 0 Å². The van der Waals surface area contributed by atoms with Gasteiger partial charge in [-0.15, -0.1) is 0 Å². The molecule has 1 aromatic rings. The van der Waals surface area contributed by atoms with Gasteiger partial charge in [-0.1, -0.05) is 18.7 Å². The van der Waals surface area contributed by atoms with E-state index in [2.05, 4.69) is 11.9 Å². The molecule has 2 rings (SSSR count). The molecule has 1 saturated heterocycles. The van der Waals surface area contributed by atoms with Crippen LogP contribution in [0.25, 0.3) is 0 Å². The van der Waals surface area contributed by atoms with Crippen LogP contribution in [0, 0.1) is 0 Å². The van der Waals surface area contributed by atoms with Crippen molar-refractivity contribution < 1.29 is 4.79 Å². The summed E-state index contributed by atoms with van der Waals surface area (Å²) in [5.74, 6) is 0. The Bertz CT molecular complexity index is 413. The number of carbonyl (C=O) groups excluding carboxylic acids is 1. The van der Waals surface area contributed by atoms with Gasteiger partial charge in [-0.05, 0) is 23.9 Å². The number of anilines is 1. The Morgan fingerprint density at radius 2 is 2.18 bits per heavy atom. The number of amides is 2. The maximum atomic E-state index is 11.4. The van der Waals surface area contributed by atoms with Gasteiger partial charge in [-0.2, -0.15) is 0 Å². The van der Waals surface area contributed by atoms with Crippen LogP contribution in [0.15, 0.2) is 37.0 Å². The number of hydrogen-bond acceptors (Lipinski definition) is 2. The fourth-order valence-electron chi connectivity index (χ4n) is 1.82. The highest BCUT2D eigenvalue weighted by atomic mass is 16.2. The zero-order chi connectivity index (χ0) is 12.3. The molecule has 0 saturated carbocycles. The highest BCUT2D eigenvalue weighted by molar-refractivity contribution is 5.76. The number of urea groups is 1. The zero-order valence-electron chi connectivity index (χ0n) is 10.0. The Hall–Kier alpha value is -1.97. The zero-order valence-corrected chi connectivity index (χ0v) is 10.0. The van der Waals surface area contributed by atoms with E-state index in [4.69, 9.17) is 0 Å². The van der Waals surface area contributed by atoms with Crippen molar-refractivity contribution in [3.8, 4) is 0 Å². The normalized spacial score (nSPS) is 14.6. The molecule has 0 unspecified atom stereocenters. The molecule has 17 heavy (non-hydrogen) atoms. The number of hydrogen-bond donors (Lipinski definition) is 1. The van der Waals surface area contributed by atoms with Crippen molar-refractivity contribution in [2.75, 3.05) is 25.0 Å². The summed E-state index contributed by atoms with van der Waals surface area (Å²) in [5, 5.41) is 2.79. The summed E-state index contributed by atoms with van der Waals surface area (Å²) in [6.45, 7) is 5.92. The van der Waals surface area contributed by atoms with E-state index < -0.39 is 0 Å². The molecule has 0 radical (unpaired) electrons. The van der Waals surface area contributed by atoms with Crippen LogP contribution in [0.4, 0.5) is 10.5 Å². The van der Waals surface area contributed by atoms with Gasteiger partial charge < -0.3 is 15.1 Å². The first-order valence-corrected chi connectivity index (χ1v) is 5.68. The molecule has 1 aliphatic heterocycles. The van der Waals surface area contributed by atoms with Gasteiger partial charge in [-0.3, -0.25) is 0 Å². The Morgan fingerprint density at radius 3 is 2.71 bits per heavy atom. The highest BCUT2D eigenvalue weighted by Crippen LogP contribution is 2.15. The fourth-order valence-corrected chi connectivity index (χ4v) is 1.82. The molecule has 1 N–H and O–H groups in total. The first-order valence-electron chi connectivity index (χ1n) is 5.68. The molecule has 0 aliphatic carbocycles. The molecular formula is C13H17N3O. The average molecular weight is 231 g/mol. The third-order valence-electron chi connectivity index (χ3n) is 2.94. The van der Waals surface area contributed by atoms with Crippen molar-refractivity contribution in [3.63, 3.8) is 0 Å². The molecule has 0 bridgehead atoms. The molecule has 90 valence electrons. The molecule has 0 spiro atoms. The highest BCUT2D eigenvalue weighted by Gasteiger charge is 2.18. The maximum Gasteiger partial charge on any atom is 0.317 e. The van der Waals surface area contributed by atoms with Crippen LogP contribution in [0.2, 0.25) is 0 Å². The van der Waals surface area contributed by atoms with Crippen LogP contribution < -0.4 is 10.2 Å². The van der Waals surface area contributed by atoms with Crippen LogP contribution in [0.3, 0.4) is 0 Å². The Balaban J connectivity index is 2.03. The second-order valence-electron chi connectivity index (χ2n) is 4.11. The summed E-state index contributed by atoms with van der Waals surface area (Å²) in [5.41, 5.74) is 2.23. The quantitative estimate of drug-likeness (QED) is 0.857. The smallest absolute Gasteiger partial charge is 0.317 e. The van der Waals surface area contributed by atoms with Crippen molar-refractivity contribution >= 4 is 11.7 Å². The summed E-state index contributed by atoms with van der Waals surface area (Å²) >= 11 is 0. The van der Waals surface area contributed by atoms with E-state index >= 15 is 0 Å². The topological polar surface area (TPSA) is 35.6 Å². The third kappa shape index (κ3) is 2.58. The SMILES string of the molecule is C=CN(C)c1ccc(CN2CCNC2=O)cc1. The summed E-state index contributed by atoms with van der Waals surface area (Å²) < 4.78 is 0. The van der Waals surface area contributed by atoms with Crippen LogP contribution in [0.1, 0.15) is 5.56 Å². The standard InChI is InChI=1S/C13H17N3O/c1-3-15(2)12-6-4-11(5-7-12)10-16-9-8-14-13(16)17/h3-7H,1,8-10H2,2H3,(H,14,17). The minimum absolute atomic E-state index is 0.0253. The number of benzene rings is 1. The molecular weight excluding hydrogens is 214 g/mol. The predicted octanol–water partition coefficient (Wildman–Crippen LogP) is 1.79. The van der Waals surface area contributed by atoms with Gasteiger partial charge in [0.2, 0.25) is 0 Å². The van der Waals surface area contributed by atoms with E-state index in [0.717, 1.165) is 24.3 Å². The van der Waals surface area contributed by atoms with Gasteiger partial charge in [0.25, 0.3) is 0 Å². The van der Waals surface area contributed by atoms with Crippen molar-refractivity contribution in [3.05, 3.63) is 42.6 Å². The number of rotatable bonds is 4. The van der Waals surface area contributed by atoms with E-state index in [0.29, 0.717) is 6.54 Å². The lowest BCUT2D eigenvalue weighted by Crippen LogP contribution is -2.27. The number of nitrogens with one attached hydrogen (secondary N) is 1. The van der Waals surface area contributed by atoms with Crippen molar-refractivity contribution in [1.82, 2.24) is 10.2 Å². The summed E-state index contributed by atoms with van der Waals surface area (Å²) in [6, 6.07) is 8.18. The van der Waals surface area contributed by atoms with Crippen LogP contribution in [0.5, 0.6) is 0 Å². The summed E-state index contributed by atoms with van der Waals surface area (Å²) in [7, 11) is 1.95. The largest absolute Gasteiger partial charge is 0.352 e. The Labute approximate surface area is 102 Å². The molecule has 2 amide bonds.